The summed E-state index contributed by atoms with van der Waals surface area (Å²) in [5.74, 6) is -0.850. The van der Waals surface area contributed by atoms with Crippen LogP contribution in [0.25, 0.3) is 0 Å². The summed E-state index contributed by atoms with van der Waals surface area (Å²) < 4.78 is 9.61. The Hall–Kier alpha value is -0.580. The average molecular weight is 295 g/mol. The van der Waals surface area contributed by atoms with E-state index in [0.717, 1.165) is 0 Å². The highest BCUT2D eigenvalue weighted by Gasteiger charge is 2.46. The Labute approximate surface area is 105 Å². The monoisotopic (exact) mass is 294 g/mol. The summed E-state index contributed by atoms with van der Waals surface area (Å²) in [6.45, 7) is 7.73. The molecule has 5 heteroatoms. The van der Waals surface area contributed by atoms with Gasteiger partial charge in [-0.25, -0.2) is 4.79 Å². The summed E-state index contributed by atoms with van der Waals surface area (Å²) in [6.07, 6.45) is 0.732. The van der Waals surface area contributed by atoms with Crippen LogP contribution in [0.15, 0.2) is 0 Å². The molecule has 0 aromatic heterocycles. The topological polar surface area (TPSA) is 52.6 Å². The van der Waals surface area contributed by atoms with E-state index in [9.17, 15) is 9.59 Å². The van der Waals surface area contributed by atoms with Crippen molar-refractivity contribution in [3.05, 3.63) is 0 Å². The summed E-state index contributed by atoms with van der Waals surface area (Å²) in [7, 11) is 0. The van der Waals surface area contributed by atoms with Crippen LogP contribution in [0.1, 0.15) is 40.5 Å². The highest BCUT2D eigenvalue weighted by molar-refractivity contribution is 9.06. The third-order valence-electron chi connectivity index (χ3n) is 2.61. The molecule has 0 radical (unpaired) electrons. The molecule has 4 nitrogen and oxygen atoms in total. The minimum Gasteiger partial charge on any atom is -0.465 e. The SMILES string of the molecule is CCC(CC)(C(=O)OBr)C(=O)OCC(C)C. The lowest BCUT2D eigenvalue weighted by Crippen LogP contribution is -2.40. The van der Waals surface area contributed by atoms with Gasteiger partial charge in [0.2, 0.25) is 0 Å². The van der Waals surface area contributed by atoms with Crippen LogP contribution in [0.4, 0.5) is 0 Å². The van der Waals surface area contributed by atoms with Crippen LogP contribution in [-0.4, -0.2) is 18.5 Å². The highest BCUT2D eigenvalue weighted by Crippen LogP contribution is 2.30. The molecular weight excluding hydrogens is 276 g/mol. The van der Waals surface area contributed by atoms with E-state index in [2.05, 4.69) is 20.1 Å². The molecule has 0 spiro atoms. The van der Waals surface area contributed by atoms with Gasteiger partial charge in [0.05, 0.1) is 6.61 Å². The maximum absolute atomic E-state index is 11.9. The van der Waals surface area contributed by atoms with Gasteiger partial charge in [-0.2, -0.15) is 0 Å². The molecule has 0 aliphatic heterocycles. The highest BCUT2D eigenvalue weighted by atomic mass is 79.9. The third-order valence-corrected chi connectivity index (χ3v) is 2.90. The summed E-state index contributed by atoms with van der Waals surface area (Å²) in [6, 6.07) is 0. The fraction of sp³-hybridized carbons (Fsp3) is 0.818. The molecule has 0 aliphatic carbocycles. The van der Waals surface area contributed by atoms with E-state index in [0.29, 0.717) is 19.4 Å². The average Bonchev–Trinajstić information content (AvgIpc) is 2.28. The number of carbonyl (C=O) groups excluding carboxylic acids is 2. The molecule has 16 heavy (non-hydrogen) atoms. The van der Waals surface area contributed by atoms with Gasteiger partial charge in [-0.3, -0.25) is 4.79 Å². The molecule has 0 saturated carbocycles. The lowest BCUT2D eigenvalue weighted by Gasteiger charge is -2.25. The Bertz CT molecular complexity index is 246. The number of hydrogen-bond acceptors (Lipinski definition) is 4. The second kappa shape index (κ2) is 6.89. The molecule has 94 valence electrons. The van der Waals surface area contributed by atoms with Gasteiger partial charge in [0, 0.05) is 0 Å². The molecule has 0 atom stereocenters. The number of carbonyl (C=O) groups is 2. The largest absolute Gasteiger partial charge is 0.465 e. The van der Waals surface area contributed by atoms with Crippen molar-refractivity contribution in [1.29, 1.82) is 0 Å². The van der Waals surface area contributed by atoms with Crippen molar-refractivity contribution in [2.75, 3.05) is 6.61 Å². The van der Waals surface area contributed by atoms with Gasteiger partial charge >= 0.3 is 11.9 Å². The van der Waals surface area contributed by atoms with Crippen LogP contribution < -0.4 is 0 Å². The lowest BCUT2D eigenvalue weighted by atomic mass is 9.82. The zero-order valence-electron chi connectivity index (χ0n) is 10.2. The van der Waals surface area contributed by atoms with E-state index in [-0.39, 0.29) is 5.92 Å². The van der Waals surface area contributed by atoms with Crippen LogP contribution in [-0.2, 0) is 18.2 Å². The second-order valence-corrected chi connectivity index (χ2v) is 4.47. The molecular formula is C11H19BrO4. The molecule has 0 fully saturated rings. The van der Waals surface area contributed by atoms with Gasteiger partial charge in [-0.1, -0.05) is 27.7 Å². The van der Waals surface area contributed by atoms with Gasteiger partial charge in [0.1, 0.15) is 0 Å². The first-order valence-electron chi connectivity index (χ1n) is 5.44. The molecule has 0 N–H and O–H groups in total. The molecule has 0 heterocycles. The van der Waals surface area contributed by atoms with Crippen molar-refractivity contribution in [3.8, 4) is 0 Å². The van der Waals surface area contributed by atoms with Gasteiger partial charge in [-0.15, -0.1) is 0 Å². The summed E-state index contributed by atoms with van der Waals surface area (Å²) in [5.41, 5.74) is -1.18. The van der Waals surface area contributed by atoms with E-state index in [1.807, 2.05) is 13.8 Å². The zero-order valence-corrected chi connectivity index (χ0v) is 11.8. The fourth-order valence-electron chi connectivity index (χ4n) is 1.37. The van der Waals surface area contributed by atoms with Crippen LogP contribution in [0.2, 0.25) is 0 Å². The van der Waals surface area contributed by atoms with E-state index < -0.39 is 17.4 Å². The van der Waals surface area contributed by atoms with Crippen molar-refractivity contribution in [2.24, 2.45) is 11.3 Å². The quantitative estimate of drug-likeness (QED) is 0.558. The minimum atomic E-state index is -1.18. The van der Waals surface area contributed by atoms with Gasteiger partial charge < -0.3 is 8.57 Å². The van der Waals surface area contributed by atoms with Gasteiger partial charge in [0.15, 0.2) is 21.7 Å². The van der Waals surface area contributed by atoms with Crippen LogP contribution in [0.5, 0.6) is 0 Å². The van der Waals surface area contributed by atoms with Gasteiger partial charge in [-0.05, 0) is 18.8 Å². The third kappa shape index (κ3) is 3.47. The predicted molar refractivity (Wildman–Crippen MR) is 63.8 cm³/mol. The summed E-state index contributed by atoms with van der Waals surface area (Å²) in [4.78, 5) is 23.5. The number of hydrogen-bond donors (Lipinski definition) is 0. The maximum Gasteiger partial charge on any atom is 0.334 e. The molecule has 0 bridgehead atoms. The van der Waals surface area contributed by atoms with E-state index >= 15 is 0 Å². The summed E-state index contributed by atoms with van der Waals surface area (Å²) in [5, 5.41) is 0. The smallest absolute Gasteiger partial charge is 0.334 e. The Kier molecular flexibility index (Phi) is 6.64. The standard InChI is InChI=1S/C11H19BrO4/c1-5-11(6-2,10(14)16-12)9(13)15-7-8(3)4/h8H,5-7H2,1-4H3. The Morgan fingerprint density at radius 2 is 1.69 bits per heavy atom. The molecule has 0 saturated heterocycles. The Morgan fingerprint density at radius 1 is 1.19 bits per heavy atom. The van der Waals surface area contributed by atoms with Crippen LogP contribution in [0.3, 0.4) is 0 Å². The molecule has 0 aromatic rings. The molecule has 0 amide bonds. The lowest BCUT2D eigenvalue weighted by molar-refractivity contribution is -0.167. The van der Waals surface area contributed by atoms with E-state index in [1.165, 1.54) is 0 Å². The maximum atomic E-state index is 11.9. The number of halogens is 1. The number of esters is 1. The number of ether oxygens (including phenoxy) is 1. The van der Waals surface area contributed by atoms with Crippen molar-refractivity contribution >= 4 is 28.2 Å². The first kappa shape index (κ1) is 15.4. The fourth-order valence-corrected chi connectivity index (χ4v) is 1.67. The second-order valence-electron chi connectivity index (χ2n) is 4.15. The van der Waals surface area contributed by atoms with Gasteiger partial charge in [0.25, 0.3) is 0 Å². The predicted octanol–water partition coefficient (Wildman–Crippen LogP) is 2.85. The van der Waals surface area contributed by atoms with Crippen LogP contribution in [0, 0.1) is 11.3 Å². The number of rotatable bonds is 6. The van der Waals surface area contributed by atoms with Crippen molar-refractivity contribution in [3.63, 3.8) is 0 Å². The molecule has 0 aromatic carbocycles. The first-order valence-corrected chi connectivity index (χ1v) is 6.09. The molecule has 0 rings (SSSR count). The zero-order chi connectivity index (χ0) is 12.8. The first-order chi connectivity index (χ1) is 7.44. The van der Waals surface area contributed by atoms with E-state index in [4.69, 9.17) is 4.74 Å². The normalized spacial score (nSPS) is 11.4. The minimum absolute atomic E-state index is 0.246. The van der Waals surface area contributed by atoms with E-state index in [1.54, 1.807) is 13.8 Å². The van der Waals surface area contributed by atoms with Crippen molar-refractivity contribution in [2.45, 2.75) is 40.5 Å². The van der Waals surface area contributed by atoms with Crippen LogP contribution >= 0.6 is 16.3 Å². The van der Waals surface area contributed by atoms with Crippen molar-refractivity contribution < 1.29 is 18.2 Å². The molecule has 0 unspecified atom stereocenters. The van der Waals surface area contributed by atoms with Crippen molar-refractivity contribution in [1.82, 2.24) is 0 Å². The Morgan fingerprint density at radius 3 is 2.00 bits per heavy atom. The Balaban J connectivity index is 4.76. The summed E-state index contributed by atoms with van der Waals surface area (Å²) >= 11 is 2.62. The molecule has 0 aliphatic rings.